The highest BCUT2D eigenvalue weighted by atomic mass is 35.5. The van der Waals surface area contributed by atoms with Gasteiger partial charge in [-0.2, -0.15) is 0 Å². The summed E-state index contributed by atoms with van der Waals surface area (Å²) in [7, 11) is 0. The average molecular weight is 345 g/mol. The molecule has 1 aromatic carbocycles. The molecule has 1 aromatic rings. The molecule has 4 heteroatoms. The monoisotopic (exact) mass is 344 g/mol. The van der Waals surface area contributed by atoms with Gasteiger partial charge in [0.05, 0.1) is 0 Å². The number of hydrogen-bond acceptors (Lipinski definition) is 2. The minimum Gasteiger partial charge on any atom is -0.369 e. The maximum Gasteiger partial charge on any atom is 0.0399 e. The number of halogens is 2. The zero-order valence-electron chi connectivity index (χ0n) is 14.3. The molecule has 0 radical (unpaired) electrons. The molecule has 0 amide bonds. The zero-order chi connectivity index (χ0) is 16.8. The topological polar surface area (TPSA) is 29.3 Å². The zero-order valence-corrected chi connectivity index (χ0v) is 15.8. The molecule has 2 nitrogen and oxygen atoms in total. The fourth-order valence-corrected chi connectivity index (χ4v) is 3.47. The summed E-state index contributed by atoms with van der Waals surface area (Å²) in [5, 5.41) is 0. The Morgan fingerprint density at radius 2 is 1.77 bits per heavy atom. The van der Waals surface area contributed by atoms with Crippen molar-refractivity contribution in [3.8, 4) is 0 Å². The van der Waals surface area contributed by atoms with E-state index in [-0.39, 0.29) is 5.54 Å². The lowest BCUT2D eigenvalue weighted by Crippen LogP contribution is -2.40. The van der Waals surface area contributed by atoms with Gasteiger partial charge in [0.1, 0.15) is 0 Å². The maximum absolute atomic E-state index is 6.51. The summed E-state index contributed by atoms with van der Waals surface area (Å²) in [4.78, 5) is 2.24. The van der Waals surface area contributed by atoms with Gasteiger partial charge in [-0.25, -0.2) is 0 Å². The van der Waals surface area contributed by atoms with Gasteiger partial charge in [-0.1, -0.05) is 19.9 Å². The molecule has 0 aliphatic heterocycles. The minimum absolute atomic E-state index is 0.179. The van der Waals surface area contributed by atoms with Crippen LogP contribution in [0, 0.1) is 12.8 Å². The van der Waals surface area contributed by atoms with E-state index in [2.05, 4.69) is 50.8 Å². The number of alkyl halides is 2. The molecular weight excluding hydrogens is 315 g/mol. The summed E-state index contributed by atoms with van der Waals surface area (Å²) in [5.41, 5.74) is 10.1. The number of hydrogen-bond donors (Lipinski definition) is 1. The van der Waals surface area contributed by atoms with Crippen molar-refractivity contribution >= 4 is 28.9 Å². The van der Waals surface area contributed by atoms with E-state index >= 15 is 0 Å². The number of nitrogens with zero attached hydrogens (tertiary/aromatic N) is 1. The molecule has 2 N–H and O–H groups in total. The van der Waals surface area contributed by atoms with Crippen LogP contribution in [0.2, 0.25) is 0 Å². The Balaban J connectivity index is 2.98. The van der Waals surface area contributed by atoms with Crippen LogP contribution in [0.1, 0.15) is 38.3 Å². The van der Waals surface area contributed by atoms with Crippen LogP contribution in [-0.4, -0.2) is 30.4 Å². The summed E-state index contributed by atoms with van der Waals surface area (Å²) in [6, 6.07) is 6.57. The summed E-state index contributed by atoms with van der Waals surface area (Å²) in [6.45, 7) is 10.4. The Kier molecular flexibility index (Phi) is 8.02. The maximum atomic E-state index is 6.51. The number of anilines is 1. The molecule has 1 atom stereocenters. The van der Waals surface area contributed by atoms with Crippen LogP contribution in [0.3, 0.4) is 0 Å². The minimum atomic E-state index is -0.179. The molecule has 0 saturated carbocycles. The Morgan fingerprint density at radius 1 is 1.18 bits per heavy atom. The van der Waals surface area contributed by atoms with E-state index in [0.29, 0.717) is 17.7 Å². The third-order valence-electron chi connectivity index (χ3n) is 3.88. The molecule has 1 unspecified atom stereocenters. The Bertz CT molecular complexity index is 452. The Morgan fingerprint density at radius 3 is 2.27 bits per heavy atom. The molecule has 0 saturated heterocycles. The van der Waals surface area contributed by atoms with Crippen molar-refractivity contribution in [1.82, 2.24) is 0 Å². The lowest BCUT2D eigenvalue weighted by atomic mass is 9.84. The first-order valence-corrected chi connectivity index (χ1v) is 9.11. The molecule has 0 aromatic heterocycles. The molecular formula is C18H30Cl2N2. The van der Waals surface area contributed by atoms with Crippen LogP contribution < -0.4 is 10.6 Å². The van der Waals surface area contributed by atoms with E-state index in [1.807, 2.05) is 0 Å². The summed E-state index contributed by atoms with van der Waals surface area (Å²) >= 11 is 11.8. The highest BCUT2D eigenvalue weighted by Crippen LogP contribution is 2.25. The number of benzene rings is 1. The van der Waals surface area contributed by atoms with Crippen LogP contribution >= 0.6 is 23.2 Å². The Hall–Kier alpha value is -0.440. The largest absolute Gasteiger partial charge is 0.369 e. The second kappa shape index (κ2) is 9.00. The highest BCUT2D eigenvalue weighted by molar-refractivity contribution is 6.18. The van der Waals surface area contributed by atoms with E-state index < -0.39 is 0 Å². The van der Waals surface area contributed by atoms with E-state index in [1.54, 1.807) is 0 Å². The predicted molar refractivity (Wildman–Crippen MR) is 101 cm³/mol. The van der Waals surface area contributed by atoms with E-state index in [9.17, 15) is 0 Å². The van der Waals surface area contributed by atoms with Gasteiger partial charge in [0.15, 0.2) is 0 Å². The first kappa shape index (κ1) is 19.6. The fourth-order valence-electron chi connectivity index (χ4n) is 3.06. The van der Waals surface area contributed by atoms with Gasteiger partial charge in [-0.05, 0) is 55.9 Å². The molecule has 0 spiro atoms. The van der Waals surface area contributed by atoms with E-state index in [4.69, 9.17) is 28.9 Å². The molecule has 0 aliphatic carbocycles. The van der Waals surface area contributed by atoms with Gasteiger partial charge in [-0.15, -0.1) is 23.2 Å². The van der Waals surface area contributed by atoms with Crippen molar-refractivity contribution in [2.75, 3.05) is 29.7 Å². The van der Waals surface area contributed by atoms with Crippen LogP contribution in [-0.2, 0) is 6.42 Å². The lowest BCUT2D eigenvalue weighted by molar-refractivity contribution is 0.367. The van der Waals surface area contributed by atoms with Crippen LogP contribution in [0.5, 0.6) is 0 Å². The lowest BCUT2D eigenvalue weighted by Gasteiger charge is -2.29. The first-order chi connectivity index (χ1) is 10.3. The normalized spacial score (nSPS) is 14.2. The van der Waals surface area contributed by atoms with Gasteiger partial charge >= 0.3 is 0 Å². The van der Waals surface area contributed by atoms with Gasteiger partial charge in [0.25, 0.3) is 0 Å². The van der Waals surface area contributed by atoms with Crippen LogP contribution in [0.4, 0.5) is 5.69 Å². The van der Waals surface area contributed by atoms with Crippen LogP contribution in [0.15, 0.2) is 18.2 Å². The predicted octanol–water partition coefficient (Wildman–Crippen LogP) is 4.59. The summed E-state index contributed by atoms with van der Waals surface area (Å²) < 4.78 is 0. The van der Waals surface area contributed by atoms with E-state index in [1.165, 1.54) is 16.8 Å². The Labute approximate surface area is 146 Å². The van der Waals surface area contributed by atoms with Crippen molar-refractivity contribution < 1.29 is 0 Å². The van der Waals surface area contributed by atoms with Gasteiger partial charge < -0.3 is 10.6 Å². The van der Waals surface area contributed by atoms with Gasteiger partial charge in [0.2, 0.25) is 0 Å². The van der Waals surface area contributed by atoms with E-state index in [0.717, 1.165) is 25.9 Å². The first-order valence-electron chi connectivity index (χ1n) is 8.04. The molecule has 0 heterocycles. The van der Waals surface area contributed by atoms with Gasteiger partial charge in [0, 0.05) is 36.1 Å². The standard InChI is InChI=1S/C18H30Cl2N2/c1-14(2)12-18(4,21)13-16-11-17(6-5-15(16)3)22(9-7-19)10-8-20/h5-6,11,14H,7-10,12-13,21H2,1-4H3. The number of nitrogens with two attached hydrogens (primary N) is 1. The average Bonchev–Trinajstić information content (AvgIpc) is 2.39. The quantitative estimate of drug-likeness (QED) is 0.664. The van der Waals surface area contributed by atoms with Crippen molar-refractivity contribution in [2.24, 2.45) is 11.7 Å². The molecule has 0 fully saturated rings. The molecule has 22 heavy (non-hydrogen) atoms. The molecule has 1 rings (SSSR count). The summed E-state index contributed by atoms with van der Waals surface area (Å²) in [5.74, 6) is 1.80. The van der Waals surface area contributed by atoms with Crippen molar-refractivity contribution in [3.63, 3.8) is 0 Å². The third kappa shape index (κ3) is 6.36. The van der Waals surface area contributed by atoms with Crippen molar-refractivity contribution in [3.05, 3.63) is 29.3 Å². The SMILES string of the molecule is Cc1ccc(N(CCCl)CCCl)cc1CC(C)(N)CC(C)C. The van der Waals surface area contributed by atoms with Crippen molar-refractivity contribution in [2.45, 2.75) is 46.1 Å². The highest BCUT2D eigenvalue weighted by Gasteiger charge is 2.22. The second-order valence-corrected chi connectivity index (χ2v) is 7.66. The van der Waals surface area contributed by atoms with Crippen molar-refractivity contribution in [1.29, 1.82) is 0 Å². The fraction of sp³-hybridized carbons (Fsp3) is 0.667. The molecule has 0 aliphatic rings. The molecule has 126 valence electrons. The van der Waals surface area contributed by atoms with Gasteiger partial charge in [-0.3, -0.25) is 0 Å². The second-order valence-electron chi connectivity index (χ2n) is 6.90. The summed E-state index contributed by atoms with van der Waals surface area (Å²) in [6.07, 6.45) is 1.91. The van der Waals surface area contributed by atoms with Crippen LogP contribution in [0.25, 0.3) is 0 Å². The number of rotatable bonds is 9. The smallest absolute Gasteiger partial charge is 0.0399 e. The third-order valence-corrected chi connectivity index (χ3v) is 4.21. The molecule has 0 bridgehead atoms. The number of aryl methyl sites for hydroxylation is 1.